The molecular formula is C15H19ClO3. The molecule has 0 aromatic heterocycles. The van der Waals surface area contributed by atoms with E-state index in [-0.39, 0.29) is 17.8 Å². The van der Waals surface area contributed by atoms with E-state index in [1.54, 1.807) is 0 Å². The molecule has 1 aliphatic rings. The molecule has 0 amide bonds. The lowest BCUT2D eigenvalue weighted by Gasteiger charge is -2.24. The fraction of sp³-hybridized carbons (Fsp3) is 0.533. The number of rotatable bonds is 2. The predicted octanol–water partition coefficient (Wildman–Crippen LogP) is 3.41. The van der Waals surface area contributed by atoms with Crippen molar-refractivity contribution in [2.24, 2.45) is 5.92 Å². The molecule has 0 saturated carbocycles. The number of halogens is 1. The van der Waals surface area contributed by atoms with Crippen molar-refractivity contribution in [2.75, 3.05) is 13.2 Å². The van der Waals surface area contributed by atoms with Gasteiger partial charge in [-0.3, -0.25) is 4.79 Å². The van der Waals surface area contributed by atoms with Crippen molar-refractivity contribution in [1.29, 1.82) is 0 Å². The van der Waals surface area contributed by atoms with Crippen molar-refractivity contribution in [1.82, 2.24) is 0 Å². The second kappa shape index (κ2) is 5.51. The van der Waals surface area contributed by atoms with Crippen LogP contribution in [0.4, 0.5) is 0 Å². The van der Waals surface area contributed by atoms with Crippen LogP contribution in [0.5, 0.6) is 0 Å². The summed E-state index contributed by atoms with van der Waals surface area (Å²) >= 11 is 5.88. The minimum absolute atomic E-state index is 0.0483. The van der Waals surface area contributed by atoms with E-state index in [1.165, 1.54) is 0 Å². The third kappa shape index (κ3) is 3.71. The first-order valence-corrected chi connectivity index (χ1v) is 6.81. The zero-order chi connectivity index (χ0) is 14.0. The van der Waals surface area contributed by atoms with E-state index in [4.69, 9.17) is 21.1 Å². The largest absolute Gasteiger partial charge is 0.460 e. The smallest absolute Gasteiger partial charge is 0.312 e. The maximum absolute atomic E-state index is 12.2. The van der Waals surface area contributed by atoms with Gasteiger partial charge in [-0.2, -0.15) is 0 Å². The first-order chi connectivity index (χ1) is 8.87. The lowest BCUT2D eigenvalue weighted by molar-refractivity contribution is -0.160. The van der Waals surface area contributed by atoms with Crippen molar-refractivity contribution >= 4 is 17.6 Å². The van der Waals surface area contributed by atoms with Gasteiger partial charge in [0.15, 0.2) is 0 Å². The molecular weight excluding hydrogens is 264 g/mol. The van der Waals surface area contributed by atoms with Crippen molar-refractivity contribution in [3.05, 3.63) is 34.9 Å². The van der Waals surface area contributed by atoms with Gasteiger partial charge in [0.1, 0.15) is 5.60 Å². The third-order valence-corrected chi connectivity index (χ3v) is 3.34. The Balaban J connectivity index is 2.12. The SMILES string of the molecule is CC(C)(C)OC(=O)[C@@H]1COC[C@H]1c1ccc(Cl)cc1. The van der Waals surface area contributed by atoms with Crippen LogP contribution in [0, 0.1) is 5.92 Å². The average molecular weight is 283 g/mol. The molecule has 1 aromatic rings. The molecule has 0 radical (unpaired) electrons. The molecule has 0 N–H and O–H groups in total. The van der Waals surface area contributed by atoms with Crippen molar-refractivity contribution in [3.8, 4) is 0 Å². The van der Waals surface area contributed by atoms with Crippen LogP contribution in [0.25, 0.3) is 0 Å². The molecule has 1 heterocycles. The van der Waals surface area contributed by atoms with E-state index in [0.717, 1.165) is 5.56 Å². The van der Waals surface area contributed by atoms with Crippen LogP contribution in [0.2, 0.25) is 5.02 Å². The van der Waals surface area contributed by atoms with Gasteiger partial charge in [-0.1, -0.05) is 23.7 Å². The Bertz CT molecular complexity index is 447. The molecule has 1 aliphatic heterocycles. The maximum atomic E-state index is 12.2. The number of esters is 1. The van der Waals surface area contributed by atoms with E-state index in [0.29, 0.717) is 18.2 Å². The van der Waals surface area contributed by atoms with E-state index >= 15 is 0 Å². The number of benzene rings is 1. The summed E-state index contributed by atoms with van der Waals surface area (Å²) in [5.74, 6) is -0.377. The second-order valence-corrected chi connectivity index (χ2v) is 6.27. The zero-order valence-electron chi connectivity index (χ0n) is 11.5. The van der Waals surface area contributed by atoms with E-state index in [2.05, 4.69) is 0 Å². The molecule has 0 aliphatic carbocycles. The van der Waals surface area contributed by atoms with Crippen molar-refractivity contribution < 1.29 is 14.3 Å². The Morgan fingerprint density at radius 3 is 2.47 bits per heavy atom. The number of carbonyl (C=O) groups is 1. The van der Waals surface area contributed by atoms with Gasteiger partial charge < -0.3 is 9.47 Å². The Hall–Kier alpha value is -1.06. The summed E-state index contributed by atoms with van der Waals surface area (Å²) in [4.78, 5) is 12.2. The van der Waals surface area contributed by atoms with Crippen LogP contribution in [-0.4, -0.2) is 24.8 Å². The molecule has 2 atom stereocenters. The molecule has 4 heteroatoms. The predicted molar refractivity (Wildman–Crippen MR) is 74.3 cm³/mol. The minimum Gasteiger partial charge on any atom is -0.460 e. The Morgan fingerprint density at radius 1 is 1.26 bits per heavy atom. The molecule has 0 bridgehead atoms. The normalized spacial score (nSPS) is 23.4. The van der Waals surface area contributed by atoms with E-state index in [1.807, 2.05) is 45.0 Å². The summed E-state index contributed by atoms with van der Waals surface area (Å²) in [7, 11) is 0. The molecule has 104 valence electrons. The van der Waals surface area contributed by atoms with Gasteiger partial charge in [0.2, 0.25) is 0 Å². The monoisotopic (exact) mass is 282 g/mol. The van der Waals surface area contributed by atoms with Crippen LogP contribution in [0.1, 0.15) is 32.3 Å². The van der Waals surface area contributed by atoms with Gasteiger partial charge in [-0.25, -0.2) is 0 Å². The highest BCUT2D eigenvalue weighted by atomic mass is 35.5. The topological polar surface area (TPSA) is 35.5 Å². The molecule has 0 spiro atoms. The highest BCUT2D eigenvalue weighted by Gasteiger charge is 2.37. The number of ether oxygens (including phenoxy) is 2. The highest BCUT2D eigenvalue weighted by molar-refractivity contribution is 6.30. The lowest BCUT2D eigenvalue weighted by atomic mass is 9.89. The number of hydrogen-bond acceptors (Lipinski definition) is 3. The molecule has 3 nitrogen and oxygen atoms in total. The lowest BCUT2D eigenvalue weighted by Crippen LogP contribution is -2.31. The van der Waals surface area contributed by atoms with Gasteiger partial charge in [-0.15, -0.1) is 0 Å². The van der Waals surface area contributed by atoms with Crippen LogP contribution in [0.15, 0.2) is 24.3 Å². The van der Waals surface area contributed by atoms with Crippen LogP contribution < -0.4 is 0 Å². The van der Waals surface area contributed by atoms with Crippen molar-refractivity contribution in [3.63, 3.8) is 0 Å². The summed E-state index contributed by atoms with van der Waals surface area (Å²) in [5.41, 5.74) is 0.599. The number of hydrogen-bond donors (Lipinski definition) is 0. The summed E-state index contributed by atoms with van der Waals surface area (Å²) in [6.45, 7) is 6.59. The Kier molecular flexibility index (Phi) is 4.16. The van der Waals surface area contributed by atoms with E-state index < -0.39 is 5.60 Å². The van der Waals surface area contributed by atoms with Gasteiger partial charge in [0.05, 0.1) is 19.1 Å². The first kappa shape index (κ1) is 14.4. The Morgan fingerprint density at radius 2 is 1.89 bits per heavy atom. The molecule has 19 heavy (non-hydrogen) atoms. The van der Waals surface area contributed by atoms with Crippen LogP contribution >= 0.6 is 11.6 Å². The first-order valence-electron chi connectivity index (χ1n) is 6.43. The zero-order valence-corrected chi connectivity index (χ0v) is 12.2. The molecule has 1 aromatic carbocycles. The summed E-state index contributed by atoms with van der Waals surface area (Å²) in [6, 6.07) is 7.56. The summed E-state index contributed by atoms with van der Waals surface area (Å²) in [6.07, 6.45) is 0. The fourth-order valence-corrected chi connectivity index (χ4v) is 2.33. The molecule has 0 unspecified atom stereocenters. The maximum Gasteiger partial charge on any atom is 0.312 e. The van der Waals surface area contributed by atoms with Gasteiger partial charge in [0.25, 0.3) is 0 Å². The Labute approximate surface area is 118 Å². The quantitative estimate of drug-likeness (QED) is 0.780. The van der Waals surface area contributed by atoms with Crippen molar-refractivity contribution in [2.45, 2.75) is 32.3 Å². The second-order valence-electron chi connectivity index (χ2n) is 5.84. The number of carbonyl (C=O) groups excluding carboxylic acids is 1. The third-order valence-electron chi connectivity index (χ3n) is 3.09. The van der Waals surface area contributed by atoms with E-state index in [9.17, 15) is 4.79 Å². The molecule has 2 rings (SSSR count). The fourth-order valence-electron chi connectivity index (χ4n) is 2.20. The van der Waals surface area contributed by atoms with Gasteiger partial charge in [0, 0.05) is 10.9 Å². The van der Waals surface area contributed by atoms with Crippen LogP contribution in [0.3, 0.4) is 0 Å². The summed E-state index contributed by atoms with van der Waals surface area (Å²) in [5, 5.41) is 0.691. The minimum atomic E-state index is -0.468. The standard InChI is InChI=1S/C15H19ClO3/c1-15(2,3)19-14(17)13-9-18-8-12(13)10-4-6-11(16)7-5-10/h4-7,12-13H,8-9H2,1-3H3/t12-,13+/m0/s1. The van der Waals surface area contributed by atoms with Crippen LogP contribution in [-0.2, 0) is 14.3 Å². The van der Waals surface area contributed by atoms with Gasteiger partial charge in [-0.05, 0) is 38.5 Å². The molecule has 1 saturated heterocycles. The van der Waals surface area contributed by atoms with Gasteiger partial charge >= 0.3 is 5.97 Å². The highest BCUT2D eigenvalue weighted by Crippen LogP contribution is 2.33. The average Bonchev–Trinajstić information content (AvgIpc) is 2.76. The summed E-state index contributed by atoms with van der Waals surface area (Å²) < 4.78 is 10.9. The molecule has 1 fully saturated rings.